The van der Waals surface area contributed by atoms with Gasteiger partial charge in [0.2, 0.25) is 0 Å². The van der Waals surface area contributed by atoms with Crippen molar-refractivity contribution in [3.8, 4) is 0 Å². The van der Waals surface area contributed by atoms with Gasteiger partial charge in [-0.1, -0.05) is 48.5 Å². The average molecular weight is 251 g/mol. The molecule has 0 atom stereocenters. The summed E-state index contributed by atoms with van der Waals surface area (Å²) in [5, 5.41) is 0. The molecular formula is C17H17NO. The summed E-state index contributed by atoms with van der Waals surface area (Å²) < 4.78 is 0. The van der Waals surface area contributed by atoms with Gasteiger partial charge in [-0.15, -0.1) is 0 Å². The molecule has 0 N–H and O–H groups in total. The van der Waals surface area contributed by atoms with Crippen LogP contribution in [0, 0.1) is 0 Å². The predicted octanol–water partition coefficient (Wildman–Crippen LogP) is 3.91. The van der Waals surface area contributed by atoms with Gasteiger partial charge in [0.15, 0.2) is 5.78 Å². The van der Waals surface area contributed by atoms with Gasteiger partial charge in [-0.2, -0.15) is 0 Å². The second-order valence-electron chi connectivity index (χ2n) is 4.17. The Morgan fingerprint density at radius 1 is 1.00 bits per heavy atom. The van der Waals surface area contributed by atoms with Crippen molar-refractivity contribution < 1.29 is 4.79 Å². The summed E-state index contributed by atoms with van der Waals surface area (Å²) in [5.74, 6) is 0.0231. The fraction of sp³-hybridized carbons (Fsp3) is 0.118. The number of allylic oxidation sites excluding steroid dienone is 1. The van der Waals surface area contributed by atoms with Gasteiger partial charge >= 0.3 is 0 Å². The molecule has 2 heteroatoms. The van der Waals surface area contributed by atoms with E-state index >= 15 is 0 Å². The second kappa shape index (κ2) is 6.55. The Hall–Kier alpha value is -2.35. The Balaban J connectivity index is 2.11. The summed E-state index contributed by atoms with van der Waals surface area (Å²) in [6, 6.07) is 19.3. The lowest BCUT2D eigenvalue weighted by Crippen LogP contribution is -2.15. The number of hydrogen-bond donors (Lipinski definition) is 0. The van der Waals surface area contributed by atoms with Crippen LogP contribution in [-0.4, -0.2) is 12.3 Å². The quantitative estimate of drug-likeness (QED) is 0.593. The third-order valence-electron chi connectivity index (χ3n) is 2.89. The topological polar surface area (TPSA) is 20.3 Å². The number of para-hydroxylation sites is 1. The van der Waals surface area contributed by atoms with Crippen LogP contribution in [0.1, 0.15) is 17.3 Å². The molecule has 0 amide bonds. The Kier molecular flexibility index (Phi) is 4.51. The zero-order valence-electron chi connectivity index (χ0n) is 11.0. The van der Waals surface area contributed by atoms with Crippen LogP contribution in [-0.2, 0) is 0 Å². The van der Waals surface area contributed by atoms with E-state index in [4.69, 9.17) is 0 Å². The van der Waals surface area contributed by atoms with Crippen LogP contribution in [0.5, 0.6) is 0 Å². The summed E-state index contributed by atoms with van der Waals surface area (Å²) in [7, 11) is 0. The molecule has 0 saturated heterocycles. The fourth-order valence-electron chi connectivity index (χ4n) is 1.85. The molecule has 19 heavy (non-hydrogen) atoms. The summed E-state index contributed by atoms with van der Waals surface area (Å²) in [4.78, 5) is 14.0. The highest BCUT2D eigenvalue weighted by Gasteiger charge is 2.02. The molecule has 2 nitrogen and oxygen atoms in total. The van der Waals surface area contributed by atoms with Crippen molar-refractivity contribution in [2.24, 2.45) is 0 Å². The van der Waals surface area contributed by atoms with Crippen molar-refractivity contribution in [3.05, 3.63) is 78.5 Å². The van der Waals surface area contributed by atoms with Crippen LogP contribution in [0.3, 0.4) is 0 Å². The van der Waals surface area contributed by atoms with Gasteiger partial charge < -0.3 is 4.90 Å². The molecule has 2 aromatic rings. The zero-order chi connectivity index (χ0) is 13.5. The lowest BCUT2D eigenvalue weighted by molar-refractivity contribution is 0.104. The van der Waals surface area contributed by atoms with E-state index in [0.29, 0.717) is 5.56 Å². The molecule has 2 rings (SSSR count). The molecule has 0 aliphatic rings. The van der Waals surface area contributed by atoms with E-state index in [9.17, 15) is 4.79 Å². The van der Waals surface area contributed by atoms with Gasteiger partial charge in [0.25, 0.3) is 0 Å². The minimum Gasteiger partial charge on any atom is -0.348 e. The maximum Gasteiger partial charge on any atom is 0.187 e. The first kappa shape index (κ1) is 13.1. The monoisotopic (exact) mass is 251 g/mol. The SMILES string of the molecule is CCN(/C=C/C(=O)c1ccccc1)c1ccccc1. The van der Waals surface area contributed by atoms with Crippen LogP contribution in [0.2, 0.25) is 0 Å². The Morgan fingerprint density at radius 2 is 1.58 bits per heavy atom. The Labute approximate surface area is 114 Å². The number of rotatable bonds is 5. The minimum atomic E-state index is 0.0231. The van der Waals surface area contributed by atoms with Gasteiger partial charge in [0.05, 0.1) is 0 Å². The molecule has 0 aliphatic heterocycles. The summed E-state index contributed by atoms with van der Waals surface area (Å²) in [6.45, 7) is 2.88. The first-order chi connectivity index (χ1) is 9.31. The Bertz CT molecular complexity index is 546. The number of hydrogen-bond acceptors (Lipinski definition) is 2. The van der Waals surface area contributed by atoms with Crippen molar-refractivity contribution in [2.45, 2.75) is 6.92 Å². The largest absolute Gasteiger partial charge is 0.348 e. The third kappa shape index (κ3) is 3.55. The van der Waals surface area contributed by atoms with E-state index in [1.54, 1.807) is 6.08 Å². The average Bonchev–Trinajstić information content (AvgIpc) is 2.49. The van der Waals surface area contributed by atoms with E-state index in [1.807, 2.05) is 71.8 Å². The van der Waals surface area contributed by atoms with Crippen molar-refractivity contribution in [1.29, 1.82) is 0 Å². The normalized spacial score (nSPS) is 10.6. The van der Waals surface area contributed by atoms with Crippen molar-refractivity contribution in [2.75, 3.05) is 11.4 Å². The van der Waals surface area contributed by atoms with Crippen LogP contribution in [0.4, 0.5) is 5.69 Å². The molecule has 0 saturated carbocycles. The molecule has 0 spiro atoms. The van der Waals surface area contributed by atoms with E-state index < -0.39 is 0 Å². The van der Waals surface area contributed by atoms with Crippen molar-refractivity contribution in [1.82, 2.24) is 0 Å². The summed E-state index contributed by atoms with van der Waals surface area (Å²) in [6.07, 6.45) is 3.45. The van der Waals surface area contributed by atoms with Gasteiger partial charge in [0.1, 0.15) is 0 Å². The molecule has 0 aliphatic carbocycles. The van der Waals surface area contributed by atoms with Crippen LogP contribution in [0.15, 0.2) is 72.9 Å². The second-order valence-corrected chi connectivity index (χ2v) is 4.17. The number of nitrogens with zero attached hydrogens (tertiary/aromatic N) is 1. The van der Waals surface area contributed by atoms with Gasteiger partial charge in [-0.3, -0.25) is 4.79 Å². The standard InChI is InChI=1S/C17H17NO/c1-2-18(16-11-7-4-8-12-16)14-13-17(19)15-9-5-3-6-10-15/h3-14H,2H2,1H3/b14-13+. The highest BCUT2D eigenvalue weighted by Crippen LogP contribution is 2.13. The summed E-state index contributed by atoms with van der Waals surface area (Å²) in [5.41, 5.74) is 1.80. The number of carbonyl (C=O) groups excluding carboxylic acids is 1. The Morgan fingerprint density at radius 3 is 2.16 bits per heavy atom. The molecule has 0 radical (unpaired) electrons. The van der Waals surface area contributed by atoms with Crippen LogP contribution < -0.4 is 4.90 Å². The molecule has 0 bridgehead atoms. The molecule has 2 aromatic carbocycles. The maximum atomic E-state index is 12.0. The highest BCUT2D eigenvalue weighted by atomic mass is 16.1. The predicted molar refractivity (Wildman–Crippen MR) is 79.4 cm³/mol. The summed E-state index contributed by atoms with van der Waals surface area (Å²) >= 11 is 0. The first-order valence-electron chi connectivity index (χ1n) is 6.40. The molecule has 0 heterocycles. The number of carbonyl (C=O) groups is 1. The molecule has 96 valence electrons. The van der Waals surface area contributed by atoms with Crippen molar-refractivity contribution in [3.63, 3.8) is 0 Å². The number of benzene rings is 2. The van der Waals surface area contributed by atoms with Crippen molar-refractivity contribution >= 4 is 11.5 Å². The van der Waals surface area contributed by atoms with Gasteiger partial charge in [-0.05, 0) is 19.1 Å². The highest BCUT2D eigenvalue weighted by molar-refractivity contribution is 6.04. The van der Waals surface area contributed by atoms with Gasteiger partial charge in [0, 0.05) is 30.1 Å². The van der Waals surface area contributed by atoms with E-state index in [0.717, 1.165) is 12.2 Å². The molecule has 0 unspecified atom stereocenters. The number of ketones is 1. The minimum absolute atomic E-state index is 0.0231. The third-order valence-corrected chi connectivity index (χ3v) is 2.89. The van der Waals surface area contributed by atoms with Gasteiger partial charge in [-0.25, -0.2) is 0 Å². The maximum absolute atomic E-state index is 12.0. The lowest BCUT2D eigenvalue weighted by Gasteiger charge is -2.17. The molecule has 0 fully saturated rings. The smallest absolute Gasteiger partial charge is 0.187 e. The van der Waals surface area contributed by atoms with E-state index in [2.05, 4.69) is 6.92 Å². The van der Waals surface area contributed by atoms with E-state index in [-0.39, 0.29) is 5.78 Å². The van der Waals surface area contributed by atoms with E-state index in [1.165, 1.54) is 0 Å². The van der Waals surface area contributed by atoms with Crippen LogP contribution in [0.25, 0.3) is 0 Å². The molecular weight excluding hydrogens is 234 g/mol. The van der Waals surface area contributed by atoms with Crippen LogP contribution >= 0.6 is 0 Å². The lowest BCUT2D eigenvalue weighted by atomic mass is 10.1. The first-order valence-corrected chi connectivity index (χ1v) is 6.40. The molecule has 0 aromatic heterocycles. The zero-order valence-corrected chi connectivity index (χ0v) is 11.0. The number of anilines is 1. The fourth-order valence-corrected chi connectivity index (χ4v) is 1.85.